The summed E-state index contributed by atoms with van der Waals surface area (Å²) < 4.78 is 0. The van der Waals surface area contributed by atoms with E-state index in [1.165, 1.54) is 6.08 Å². The van der Waals surface area contributed by atoms with Crippen LogP contribution in [0.15, 0.2) is 12.7 Å². The zero-order chi connectivity index (χ0) is 9.68. The van der Waals surface area contributed by atoms with Crippen molar-refractivity contribution in [1.82, 2.24) is 25.9 Å². The van der Waals surface area contributed by atoms with Gasteiger partial charge in [-0.2, -0.15) is 5.21 Å². The van der Waals surface area contributed by atoms with E-state index in [-0.39, 0.29) is 11.9 Å². The molecular formula is C7H11N5O. The molecule has 0 unspecified atom stereocenters. The lowest BCUT2D eigenvalue weighted by molar-refractivity contribution is -0.117. The number of aromatic nitrogens is 4. The highest BCUT2D eigenvalue weighted by Gasteiger charge is 2.07. The molecule has 0 spiro atoms. The Morgan fingerprint density at radius 3 is 3.15 bits per heavy atom. The molecule has 0 fully saturated rings. The van der Waals surface area contributed by atoms with Gasteiger partial charge in [0.2, 0.25) is 5.91 Å². The molecule has 2 N–H and O–H groups in total. The first-order valence-electron chi connectivity index (χ1n) is 3.87. The molecule has 1 aromatic heterocycles. The van der Waals surface area contributed by atoms with Gasteiger partial charge in [0.05, 0.1) is 0 Å². The highest BCUT2D eigenvalue weighted by Crippen LogP contribution is 1.92. The quantitative estimate of drug-likeness (QED) is 0.609. The van der Waals surface area contributed by atoms with Crippen molar-refractivity contribution in [3.63, 3.8) is 0 Å². The zero-order valence-electron chi connectivity index (χ0n) is 7.32. The fourth-order valence-corrected chi connectivity index (χ4v) is 0.896. The minimum atomic E-state index is -0.198. The van der Waals surface area contributed by atoms with Crippen LogP contribution in [0, 0.1) is 0 Å². The molecule has 70 valence electrons. The molecule has 0 saturated heterocycles. The number of aromatic amines is 1. The van der Waals surface area contributed by atoms with Crippen LogP contribution in [0.4, 0.5) is 0 Å². The minimum absolute atomic E-state index is 0.0249. The van der Waals surface area contributed by atoms with Crippen LogP contribution < -0.4 is 5.32 Å². The summed E-state index contributed by atoms with van der Waals surface area (Å²) in [5.41, 5.74) is 0. The van der Waals surface area contributed by atoms with Crippen molar-refractivity contribution >= 4 is 5.91 Å². The van der Waals surface area contributed by atoms with Crippen molar-refractivity contribution < 1.29 is 4.79 Å². The highest BCUT2D eigenvalue weighted by atomic mass is 16.1. The van der Waals surface area contributed by atoms with E-state index >= 15 is 0 Å². The van der Waals surface area contributed by atoms with E-state index < -0.39 is 0 Å². The van der Waals surface area contributed by atoms with Gasteiger partial charge in [-0.1, -0.05) is 11.8 Å². The summed E-state index contributed by atoms with van der Waals surface area (Å²) in [5.74, 6) is 0.382. The Hall–Kier alpha value is -1.72. The van der Waals surface area contributed by atoms with E-state index in [9.17, 15) is 4.79 Å². The van der Waals surface area contributed by atoms with Gasteiger partial charge in [-0.05, 0) is 13.0 Å². The average molecular weight is 181 g/mol. The molecule has 0 radical (unpaired) electrons. The monoisotopic (exact) mass is 181 g/mol. The smallest absolute Gasteiger partial charge is 0.243 e. The van der Waals surface area contributed by atoms with E-state index in [4.69, 9.17) is 0 Å². The van der Waals surface area contributed by atoms with Crippen molar-refractivity contribution in [2.75, 3.05) is 0 Å². The van der Waals surface area contributed by atoms with Crippen molar-refractivity contribution in [3.8, 4) is 0 Å². The SMILES string of the molecule is C=CC(=O)N[C@H](C)Cc1nn[nH]n1. The third kappa shape index (κ3) is 3.02. The first kappa shape index (κ1) is 9.37. The highest BCUT2D eigenvalue weighted by molar-refractivity contribution is 5.87. The summed E-state index contributed by atoms with van der Waals surface area (Å²) >= 11 is 0. The largest absolute Gasteiger partial charge is 0.350 e. The van der Waals surface area contributed by atoms with E-state index in [1.807, 2.05) is 6.92 Å². The Bertz CT molecular complexity index is 281. The maximum atomic E-state index is 10.9. The number of hydrogen-bond donors (Lipinski definition) is 2. The third-order valence-electron chi connectivity index (χ3n) is 1.45. The third-order valence-corrected chi connectivity index (χ3v) is 1.45. The van der Waals surface area contributed by atoms with Gasteiger partial charge in [0, 0.05) is 12.5 Å². The first-order chi connectivity index (χ1) is 6.22. The van der Waals surface area contributed by atoms with Crippen molar-refractivity contribution in [3.05, 3.63) is 18.5 Å². The van der Waals surface area contributed by atoms with Crippen LogP contribution in [0.2, 0.25) is 0 Å². The van der Waals surface area contributed by atoms with Crippen LogP contribution in [-0.2, 0) is 11.2 Å². The minimum Gasteiger partial charge on any atom is -0.350 e. The van der Waals surface area contributed by atoms with Gasteiger partial charge in [-0.3, -0.25) is 4.79 Å². The normalized spacial score (nSPS) is 12.1. The number of amides is 1. The van der Waals surface area contributed by atoms with E-state index in [1.54, 1.807) is 0 Å². The van der Waals surface area contributed by atoms with E-state index in [2.05, 4.69) is 32.5 Å². The number of tetrazole rings is 1. The van der Waals surface area contributed by atoms with Crippen LogP contribution in [0.3, 0.4) is 0 Å². The average Bonchev–Trinajstić information content (AvgIpc) is 2.56. The second-order valence-electron chi connectivity index (χ2n) is 2.65. The number of carbonyl (C=O) groups excluding carboxylic acids is 1. The molecule has 0 saturated carbocycles. The van der Waals surface area contributed by atoms with Crippen molar-refractivity contribution in [2.24, 2.45) is 0 Å². The maximum Gasteiger partial charge on any atom is 0.243 e. The Balaban J connectivity index is 2.37. The van der Waals surface area contributed by atoms with Gasteiger partial charge in [-0.25, -0.2) is 0 Å². The molecule has 6 heteroatoms. The summed E-state index contributed by atoms with van der Waals surface area (Å²) in [5, 5.41) is 16.0. The molecule has 1 aromatic rings. The molecule has 1 atom stereocenters. The second kappa shape index (κ2) is 4.34. The Morgan fingerprint density at radius 2 is 2.62 bits per heavy atom. The molecule has 0 aromatic carbocycles. The van der Waals surface area contributed by atoms with Gasteiger partial charge in [-0.15, -0.1) is 10.2 Å². The standard InChI is InChI=1S/C7H11N5O/c1-3-7(13)8-5(2)4-6-9-11-12-10-6/h3,5H,1,4H2,2H3,(H,8,13)(H,9,10,11,12)/t5-/m1/s1. The molecule has 13 heavy (non-hydrogen) atoms. The molecule has 6 nitrogen and oxygen atoms in total. The summed E-state index contributed by atoms with van der Waals surface area (Å²) in [6, 6.07) is -0.0249. The lowest BCUT2D eigenvalue weighted by Crippen LogP contribution is -2.32. The molecule has 1 heterocycles. The van der Waals surface area contributed by atoms with Gasteiger partial charge in [0.25, 0.3) is 0 Å². The Labute approximate surface area is 75.4 Å². The fraction of sp³-hybridized carbons (Fsp3) is 0.429. The number of nitrogens with one attached hydrogen (secondary N) is 2. The van der Waals surface area contributed by atoms with Gasteiger partial charge >= 0.3 is 0 Å². The molecule has 0 aliphatic carbocycles. The second-order valence-corrected chi connectivity index (χ2v) is 2.65. The Morgan fingerprint density at radius 1 is 1.85 bits per heavy atom. The van der Waals surface area contributed by atoms with Gasteiger partial charge < -0.3 is 5.32 Å². The molecule has 0 aliphatic heterocycles. The number of hydrogen-bond acceptors (Lipinski definition) is 4. The Kier molecular flexibility index (Phi) is 3.13. The first-order valence-corrected chi connectivity index (χ1v) is 3.87. The van der Waals surface area contributed by atoms with Gasteiger partial charge in [0.15, 0.2) is 5.82 Å². The van der Waals surface area contributed by atoms with E-state index in [0.29, 0.717) is 12.2 Å². The predicted octanol–water partition coefficient (Wildman–Crippen LogP) is -0.567. The van der Waals surface area contributed by atoms with Crippen molar-refractivity contribution in [2.45, 2.75) is 19.4 Å². The van der Waals surface area contributed by atoms with Crippen LogP contribution in [0.25, 0.3) is 0 Å². The molecule has 1 amide bonds. The van der Waals surface area contributed by atoms with Crippen LogP contribution in [0.1, 0.15) is 12.7 Å². The lowest BCUT2D eigenvalue weighted by atomic mass is 10.2. The molecule has 1 rings (SSSR count). The number of H-pyrrole nitrogens is 1. The van der Waals surface area contributed by atoms with Crippen LogP contribution >= 0.6 is 0 Å². The molecule has 0 aliphatic rings. The summed E-state index contributed by atoms with van der Waals surface area (Å²) in [4.78, 5) is 10.9. The van der Waals surface area contributed by atoms with E-state index in [0.717, 1.165) is 0 Å². The predicted molar refractivity (Wildman–Crippen MR) is 45.7 cm³/mol. The van der Waals surface area contributed by atoms with Crippen LogP contribution in [-0.4, -0.2) is 32.6 Å². The molecule has 0 bridgehead atoms. The zero-order valence-corrected chi connectivity index (χ0v) is 7.32. The summed E-state index contributed by atoms with van der Waals surface area (Å²) in [7, 11) is 0. The molecular weight excluding hydrogens is 170 g/mol. The fourth-order valence-electron chi connectivity index (χ4n) is 0.896. The maximum absolute atomic E-state index is 10.9. The number of carbonyl (C=O) groups is 1. The lowest BCUT2D eigenvalue weighted by Gasteiger charge is -2.08. The number of rotatable bonds is 4. The van der Waals surface area contributed by atoms with Gasteiger partial charge in [0.1, 0.15) is 0 Å². The van der Waals surface area contributed by atoms with Crippen molar-refractivity contribution in [1.29, 1.82) is 0 Å². The topological polar surface area (TPSA) is 83.6 Å². The summed E-state index contributed by atoms with van der Waals surface area (Å²) in [6.07, 6.45) is 1.78. The number of nitrogens with zero attached hydrogens (tertiary/aromatic N) is 3. The summed E-state index contributed by atoms with van der Waals surface area (Å²) in [6.45, 7) is 5.21. The van der Waals surface area contributed by atoms with Crippen LogP contribution in [0.5, 0.6) is 0 Å².